The summed E-state index contributed by atoms with van der Waals surface area (Å²) in [6, 6.07) is 3.97. The molecule has 0 saturated heterocycles. The first kappa shape index (κ1) is 17.4. The summed E-state index contributed by atoms with van der Waals surface area (Å²) in [7, 11) is 0. The molecule has 0 spiro atoms. The van der Waals surface area contributed by atoms with E-state index in [1.165, 1.54) is 12.5 Å². The summed E-state index contributed by atoms with van der Waals surface area (Å²) in [5.74, 6) is -1.29. The molecule has 2 nitrogen and oxygen atoms in total. The van der Waals surface area contributed by atoms with Crippen LogP contribution in [0, 0.1) is 23.0 Å². The zero-order valence-electron chi connectivity index (χ0n) is 14.5. The molecule has 2 fully saturated rings. The van der Waals surface area contributed by atoms with Crippen LogP contribution in [0.15, 0.2) is 18.2 Å². The van der Waals surface area contributed by atoms with Gasteiger partial charge in [0, 0.05) is 5.92 Å². The van der Waals surface area contributed by atoms with Crippen LogP contribution < -0.4 is 0 Å². The number of benzene rings is 1. The van der Waals surface area contributed by atoms with E-state index in [-0.39, 0.29) is 18.0 Å². The van der Waals surface area contributed by atoms with Crippen LogP contribution in [-0.4, -0.2) is 12.1 Å². The Bertz CT molecular complexity index is 616. The SMILES string of the molecule is CCC[C@@]1(C(=O)OC2CCCC(C)C2)C[C@@H]1c1ccc(F)c(F)c1. The second-order valence-corrected chi connectivity index (χ2v) is 7.64. The molecule has 24 heavy (non-hydrogen) atoms. The summed E-state index contributed by atoms with van der Waals surface area (Å²) in [6.07, 6.45) is 6.47. The van der Waals surface area contributed by atoms with Crippen molar-refractivity contribution >= 4 is 5.97 Å². The lowest BCUT2D eigenvalue weighted by Gasteiger charge is -2.28. The zero-order valence-corrected chi connectivity index (χ0v) is 14.5. The average Bonchev–Trinajstić information content (AvgIpc) is 3.26. The normalized spacial score (nSPS) is 32.4. The summed E-state index contributed by atoms with van der Waals surface area (Å²) >= 11 is 0. The van der Waals surface area contributed by atoms with E-state index < -0.39 is 17.0 Å². The fourth-order valence-electron chi connectivity index (χ4n) is 4.28. The standard InChI is InChI=1S/C20H26F2O2/c1-3-9-20(19(23)24-15-6-4-5-13(2)10-15)12-16(20)14-7-8-17(21)18(22)11-14/h7-8,11,13,15-16H,3-6,9-10,12H2,1-2H3/t13?,15?,16-,20-/m1/s1. The van der Waals surface area contributed by atoms with Crippen LogP contribution in [-0.2, 0) is 9.53 Å². The predicted molar refractivity (Wildman–Crippen MR) is 88.6 cm³/mol. The van der Waals surface area contributed by atoms with Gasteiger partial charge >= 0.3 is 5.97 Å². The molecule has 1 aromatic carbocycles. The monoisotopic (exact) mass is 336 g/mol. The van der Waals surface area contributed by atoms with Gasteiger partial charge in [0.1, 0.15) is 6.10 Å². The van der Waals surface area contributed by atoms with Gasteiger partial charge in [-0.2, -0.15) is 0 Å². The Kier molecular flexibility index (Phi) is 4.93. The maximum Gasteiger partial charge on any atom is 0.312 e. The Balaban J connectivity index is 1.72. The highest BCUT2D eigenvalue weighted by atomic mass is 19.2. The van der Waals surface area contributed by atoms with E-state index in [0.29, 0.717) is 17.9 Å². The smallest absolute Gasteiger partial charge is 0.312 e. The first-order valence-corrected chi connectivity index (χ1v) is 9.12. The first-order chi connectivity index (χ1) is 11.5. The molecule has 4 heteroatoms. The van der Waals surface area contributed by atoms with Gasteiger partial charge in [-0.15, -0.1) is 0 Å². The van der Waals surface area contributed by atoms with Crippen LogP contribution in [0.1, 0.15) is 70.3 Å². The van der Waals surface area contributed by atoms with Crippen LogP contribution in [0.4, 0.5) is 8.78 Å². The number of rotatable bonds is 5. The van der Waals surface area contributed by atoms with Gasteiger partial charge in [-0.3, -0.25) is 4.79 Å². The molecule has 2 saturated carbocycles. The first-order valence-electron chi connectivity index (χ1n) is 9.12. The van der Waals surface area contributed by atoms with Crippen LogP contribution in [0.5, 0.6) is 0 Å². The van der Waals surface area contributed by atoms with Crippen LogP contribution in [0.25, 0.3) is 0 Å². The van der Waals surface area contributed by atoms with E-state index >= 15 is 0 Å². The molecule has 132 valence electrons. The van der Waals surface area contributed by atoms with E-state index in [1.54, 1.807) is 6.07 Å². The Morgan fingerprint density at radius 1 is 1.29 bits per heavy atom. The van der Waals surface area contributed by atoms with Gasteiger partial charge in [0.25, 0.3) is 0 Å². The highest BCUT2D eigenvalue weighted by molar-refractivity contribution is 5.82. The maximum atomic E-state index is 13.5. The van der Waals surface area contributed by atoms with E-state index in [9.17, 15) is 13.6 Å². The highest BCUT2D eigenvalue weighted by Crippen LogP contribution is 2.63. The zero-order chi connectivity index (χ0) is 17.3. The van der Waals surface area contributed by atoms with Crippen molar-refractivity contribution in [2.75, 3.05) is 0 Å². The second-order valence-electron chi connectivity index (χ2n) is 7.64. The number of esters is 1. The number of carbonyl (C=O) groups excluding carboxylic acids is 1. The molecule has 0 N–H and O–H groups in total. The quantitative estimate of drug-likeness (QED) is 0.677. The molecule has 0 radical (unpaired) electrons. The van der Waals surface area contributed by atoms with Crippen molar-refractivity contribution in [1.29, 1.82) is 0 Å². The minimum Gasteiger partial charge on any atom is -0.462 e. The molecular formula is C20H26F2O2. The number of carbonyl (C=O) groups is 1. The van der Waals surface area contributed by atoms with Gasteiger partial charge in [-0.25, -0.2) is 8.78 Å². The summed E-state index contributed by atoms with van der Waals surface area (Å²) in [6.45, 7) is 4.24. The third-order valence-electron chi connectivity index (χ3n) is 5.69. The van der Waals surface area contributed by atoms with Gasteiger partial charge in [0.2, 0.25) is 0 Å². The molecule has 1 aromatic rings. The third-order valence-corrected chi connectivity index (χ3v) is 5.69. The molecule has 0 amide bonds. The van der Waals surface area contributed by atoms with Crippen molar-refractivity contribution in [3.8, 4) is 0 Å². The molecule has 0 bridgehead atoms. The molecule has 4 atom stereocenters. The molecule has 0 aromatic heterocycles. The van der Waals surface area contributed by atoms with Gasteiger partial charge < -0.3 is 4.74 Å². The van der Waals surface area contributed by atoms with E-state index in [2.05, 4.69) is 6.92 Å². The number of halogens is 2. The Labute approximate surface area is 142 Å². The van der Waals surface area contributed by atoms with Crippen LogP contribution >= 0.6 is 0 Å². The van der Waals surface area contributed by atoms with E-state index in [0.717, 1.165) is 38.2 Å². The van der Waals surface area contributed by atoms with Gasteiger partial charge in [-0.05, 0) is 55.7 Å². The molecule has 2 aliphatic rings. The van der Waals surface area contributed by atoms with Crippen LogP contribution in [0.2, 0.25) is 0 Å². The van der Waals surface area contributed by atoms with Crippen molar-refractivity contribution in [2.24, 2.45) is 11.3 Å². The number of ether oxygens (including phenoxy) is 1. The Morgan fingerprint density at radius 2 is 2.08 bits per heavy atom. The minimum absolute atomic E-state index is 0.0150. The lowest BCUT2D eigenvalue weighted by atomic mass is 9.88. The molecule has 3 rings (SSSR count). The summed E-state index contributed by atoms with van der Waals surface area (Å²) in [5, 5.41) is 0. The van der Waals surface area contributed by atoms with Crippen molar-refractivity contribution < 1.29 is 18.3 Å². The molecular weight excluding hydrogens is 310 g/mol. The summed E-state index contributed by atoms with van der Waals surface area (Å²) in [4.78, 5) is 12.8. The van der Waals surface area contributed by atoms with Gasteiger partial charge in [-0.1, -0.05) is 32.8 Å². The topological polar surface area (TPSA) is 26.3 Å². The van der Waals surface area contributed by atoms with Crippen LogP contribution in [0.3, 0.4) is 0 Å². The molecule has 0 heterocycles. The predicted octanol–water partition coefficient (Wildman–Crippen LogP) is 5.36. The van der Waals surface area contributed by atoms with Crippen molar-refractivity contribution in [3.05, 3.63) is 35.4 Å². The fraction of sp³-hybridized carbons (Fsp3) is 0.650. The largest absolute Gasteiger partial charge is 0.462 e. The van der Waals surface area contributed by atoms with E-state index in [4.69, 9.17) is 4.74 Å². The van der Waals surface area contributed by atoms with Crippen molar-refractivity contribution in [1.82, 2.24) is 0 Å². The third kappa shape index (κ3) is 3.33. The Hall–Kier alpha value is -1.45. The second kappa shape index (κ2) is 6.81. The fourth-order valence-corrected chi connectivity index (χ4v) is 4.28. The number of hydrogen-bond acceptors (Lipinski definition) is 2. The lowest BCUT2D eigenvalue weighted by Crippen LogP contribution is -2.30. The summed E-state index contributed by atoms with van der Waals surface area (Å²) < 4.78 is 32.5. The maximum absolute atomic E-state index is 13.5. The highest BCUT2D eigenvalue weighted by Gasteiger charge is 2.61. The molecule has 0 aliphatic heterocycles. The van der Waals surface area contributed by atoms with Crippen molar-refractivity contribution in [2.45, 2.75) is 70.8 Å². The average molecular weight is 336 g/mol. The lowest BCUT2D eigenvalue weighted by molar-refractivity contribution is -0.158. The van der Waals surface area contributed by atoms with Gasteiger partial charge in [0.15, 0.2) is 11.6 Å². The number of hydrogen-bond donors (Lipinski definition) is 0. The minimum atomic E-state index is -0.848. The van der Waals surface area contributed by atoms with Gasteiger partial charge in [0.05, 0.1) is 5.41 Å². The molecule has 2 unspecified atom stereocenters. The van der Waals surface area contributed by atoms with E-state index in [1.807, 2.05) is 6.92 Å². The molecule has 2 aliphatic carbocycles. The summed E-state index contributed by atoms with van der Waals surface area (Å²) in [5.41, 5.74) is 0.163. The Morgan fingerprint density at radius 3 is 2.75 bits per heavy atom. The van der Waals surface area contributed by atoms with Crippen molar-refractivity contribution in [3.63, 3.8) is 0 Å².